The number of benzene rings is 1. The largest absolute Gasteiger partial charge is 0.463 e. The second-order valence-corrected chi connectivity index (χ2v) is 4.66. The van der Waals surface area contributed by atoms with Gasteiger partial charge in [-0.3, -0.25) is 0 Å². The van der Waals surface area contributed by atoms with E-state index in [9.17, 15) is 14.0 Å². The lowest BCUT2D eigenvalue weighted by Crippen LogP contribution is -2.35. The number of hydrogen-bond donors (Lipinski definition) is 1. The molecule has 23 heavy (non-hydrogen) atoms. The molecule has 2 heterocycles. The molecule has 0 atom stereocenters. The lowest BCUT2D eigenvalue weighted by atomic mass is 10.1. The van der Waals surface area contributed by atoms with Gasteiger partial charge in [0.2, 0.25) is 0 Å². The second kappa shape index (κ2) is 5.56. The average Bonchev–Trinajstić information content (AvgIpc) is 3.12. The highest BCUT2D eigenvalue weighted by Crippen LogP contribution is 2.18. The van der Waals surface area contributed by atoms with E-state index in [1.54, 1.807) is 24.3 Å². The molecule has 3 rings (SSSR count). The van der Waals surface area contributed by atoms with Gasteiger partial charge in [-0.2, -0.15) is 9.49 Å². The van der Waals surface area contributed by atoms with Gasteiger partial charge in [0, 0.05) is 11.6 Å². The van der Waals surface area contributed by atoms with E-state index in [0.717, 1.165) is 4.63 Å². The molecule has 1 aromatic carbocycles. The van der Waals surface area contributed by atoms with Crippen LogP contribution in [0.25, 0.3) is 11.3 Å². The van der Waals surface area contributed by atoms with Crippen LogP contribution in [0.2, 0.25) is 0 Å². The molecule has 1 N–H and O–H groups in total. The Morgan fingerprint density at radius 3 is 2.39 bits per heavy atom. The molecule has 0 saturated carbocycles. The van der Waals surface area contributed by atoms with Crippen molar-refractivity contribution < 1.29 is 28.0 Å². The molecule has 0 saturated heterocycles. The highest BCUT2D eigenvalue weighted by Gasteiger charge is 2.36. The fourth-order valence-corrected chi connectivity index (χ4v) is 2.37. The molecule has 118 valence electrons. The molecule has 0 bridgehead atoms. The first kappa shape index (κ1) is 14.8. The van der Waals surface area contributed by atoms with E-state index in [1.807, 2.05) is 6.07 Å². The number of aromatic amines is 1. The normalized spacial score (nSPS) is 10.7. The molecule has 8 heteroatoms. The number of halogens is 1. The minimum absolute atomic E-state index is 0.151. The Morgan fingerprint density at radius 2 is 1.78 bits per heavy atom. The molecule has 7 nitrogen and oxygen atoms in total. The van der Waals surface area contributed by atoms with Crippen LogP contribution in [-0.4, -0.2) is 35.9 Å². The number of aromatic nitrogens is 3. The van der Waals surface area contributed by atoms with Crippen molar-refractivity contribution in [2.45, 2.75) is 0 Å². The maximum Gasteiger partial charge on any atom is 0.385 e. The number of carbonyl (C=O) groups excluding carboxylic acids is 2. The first-order valence-electron chi connectivity index (χ1n) is 6.65. The van der Waals surface area contributed by atoms with E-state index in [2.05, 4.69) is 9.84 Å². The van der Waals surface area contributed by atoms with E-state index < -0.39 is 17.9 Å². The number of hydrogen-bond acceptors (Lipinski definition) is 4. The van der Waals surface area contributed by atoms with Crippen LogP contribution in [0.4, 0.5) is 4.39 Å². The van der Waals surface area contributed by atoms with Gasteiger partial charge in [-0.1, -0.05) is 30.3 Å². The predicted molar refractivity (Wildman–Crippen MR) is 75.5 cm³/mol. The van der Waals surface area contributed by atoms with Crippen LogP contribution in [0.5, 0.6) is 0 Å². The maximum absolute atomic E-state index is 14.2. The minimum Gasteiger partial charge on any atom is -0.463 e. The molecule has 0 amide bonds. The standard InChI is InChI=1S/C15H12FN3O4/c1-22-14(20)12-13(15(21)23-2)18-10(8-11(16)19(18)17-12)9-6-4-3-5-7-9/h3-8H,1-2H3/p+1. The number of nitrogens with zero attached hydrogens (tertiary/aromatic N) is 2. The summed E-state index contributed by atoms with van der Waals surface area (Å²) in [4.78, 5) is 24.0. The Morgan fingerprint density at radius 1 is 1.13 bits per heavy atom. The molecular weight excluding hydrogens is 305 g/mol. The third-order valence-corrected chi connectivity index (χ3v) is 3.39. The summed E-state index contributed by atoms with van der Waals surface area (Å²) in [5.74, 6) is -2.28. The third kappa shape index (κ3) is 2.24. The molecule has 0 radical (unpaired) electrons. The number of carbonyl (C=O) groups is 2. The average molecular weight is 318 g/mol. The molecule has 3 aromatic rings. The number of esters is 2. The van der Waals surface area contributed by atoms with E-state index in [0.29, 0.717) is 11.3 Å². The van der Waals surface area contributed by atoms with Crippen molar-refractivity contribution in [3.8, 4) is 11.3 Å². The zero-order valence-corrected chi connectivity index (χ0v) is 12.4. The summed E-state index contributed by atoms with van der Waals surface area (Å²) in [7, 11) is 2.34. The van der Waals surface area contributed by atoms with Gasteiger partial charge >= 0.3 is 11.9 Å². The summed E-state index contributed by atoms with van der Waals surface area (Å²) < 4.78 is 25.8. The van der Waals surface area contributed by atoms with Crippen molar-refractivity contribution in [1.29, 1.82) is 0 Å². The predicted octanol–water partition coefficient (Wildman–Crippen LogP) is 1.23. The van der Waals surface area contributed by atoms with Gasteiger partial charge in [0.05, 0.1) is 14.2 Å². The summed E-state index contributed by atoms with van der Waals surface area (Å²) in [5, 5.41) is 2.52. The summed E-state index contributed by atoms with van der Waals surface area (Å²) in [5.41, 5.74) is 0.701. The smallest absolute Gasteiger partial charge is 0.385 e. The van der Waals surface area contributed by atoms with Gasteiger partial charge in [0.1, 0.15) is 0 Å². The fraction of sp³-hybridized carbons (Fsp3) is 0.133. The van der Waals surface area contributed by atoms with Gasteiger partial charge in [-0.25, -0.2) is 9.59 Å². The van der Waals surface area contributed by atoms with Gasteiger partial charge in [-0.05, 0) is 4.63 Å². The first-order valence-corrected chi connectivity index (χ1v) is 6.65. The van der Waals surface area contributed by atoms with Crippen LogP contribution < -0.4 is 4.52 Å². The molecule has 0 aliphatic carbocycles. The van der Waals surface area contributed by atoms with E-state index >= 15 is 0 Å². The highest BCUT2D eigenvalue weighted by molar-refractivity contribution is 5.99. The Labute approximate surface area is 129 Å². The molecule has 2 aromatic heterocycles. The number of nitrogens with one attached hydrogen (secondary N) is 1. The lowest BCUT2D eigenvalue weighted by molar-refractivity contribution is -0.612. The van der Waals surface area contributed by atoms with Crippen LogP contribution in [0.3, 0.4) is 0 Å². The zero-order chi connectivity index (χ0) is 16.6. The molecule has 0 fully saturated rings. The zero-order valence-electron chi connectivity index (χ0n) is 12.4. The molecule has 0 aliphatic heterocycles. The first-order chi connectivity index (χ1) is 11.1. The van der Waals surface area contributed by atoms with Crippen molar-refractivity contribution in [1.82, 2.24) is 9.73 Å². The van der Waals surface area contributed by atoms with E-state index in [4.69, 9.17) is 4.74 Å². The Balaban J connectivity index is 2.38. The highest BCUT2D eigenvalue weighted by atomic mass is 19.1. The lowest BCUT2D eigenvalue weighted by Gasteiger charge is -1.98. The van der Waals surface area contributed by atoms with Crippen LogP contribution in [0.15, 0.2) is 36.4 Å². The van der Waals surface area contributed by atoms with Gasteiger partial charge in [0.15, 0.2) is 5.69 Å². The van der Waals surface area contributed by atoms with Gasteiger partial charge < -0.3 is 9.47 Å². The topological polar surface area (TPSA) is 76.9 Å². The van der Waals surface area contributed by atoms with Crippen LogP contribution in [0.1, 0.15) is 21.0 Å². The number of fused-ring (bicyclic) bond motifs is 1. The number of ether oxygens (including phenoxy) is 2. The van der Waals surface area contributed by atoms with Crippen LogP contribution >= 0.6 is 0 Å². The summed E-state index contributed by atoms with van der Waals surface area (Å²) in [6.07, 6.45) is 0. The number of rotatable bonds is 3. The third-order valence-electron chi connectivity index (χ3n) is 3.39. The van der Waals surface area contributed by atoms with E-state index in [-0.39, 0.29) is 11.4 Å². The van der Waals surface area contributed by atoms with Gasteiger partial charge in [-0.15, -0.1) is 4.52 Å². The maximum atomic E-state index is 14.2. The molecule has 0 unspecified atom stereocenters. The Hall–Kier alpha value is -3.16. The Bertz CT molecular complexity index is 898. The van der Waals surface area contributed by atoms with E-state index in [1.165, 1.54) is 24.8 Å². The second-order valence-electron chi connectivity index (χ2n) is 4.66. The SMILES string of the molecule is COC(=O)c1[nH]n2c(F)cc(-c3ccccc3)[n+]2c1C(=O)OC. The summed E-state index contributed by atoms with van der Waals surface area (Å²) in [6.45, 7) is 0. The summed E-state index contributed by atoms with van der Waals surface area (Å²) >= 11 is 0. The summed E-state index contributed by atoms with van der Waals surface area (Å²) in [6, 6.07) is 10.1. The van der Waals surface area contributed by atoms with Crippen LogP contribution in [-0.2, 0) is 9.47 Å². The minimum atomic E-state index is -0.806. The van der Waals surface area contributed by atoms with Crippen molar-refractivity contribution in [2.24, 2.45) is 0 Å². The number of methoxy groups -OCH3 is 2. The van der Waals surface area contributed by atoms with Crippen molar-refractivity contribution in [3.63, 3.8) is 0 Å². The quantitative estimate of drug-likeness (QED) is 0.582. The van der Waals surface area contributed by atoms with Crippen LogP contribution in [0, 0.1) is 5.95 Å². The molecule has 0 aliphatic rings. The molecule has 0 spiro atoms. The van der Waals surface area contributed by atoms with Crippen molar-refractivity contribution >= 4 is 11.9 Å². The van der Waals surface area contributed by atoms with Crippen molar-refractivity contribution in [3.05, 3.63) is 53.7 Å². The van der Waals surface area contributed by atoms with Gasteiger partial charge in [0.25, 0.3) is 17.3 Å². The number of H-pyrrole nitrogens is 1. The fourth-order valence-electron chi connectivity index (χ4n) is 2.37. The molecular formula is C15H13FN3O4+. The Kier molecular flexibility index (Phi) is 3.57. The monoisotopic (exact) mass is 318 g/mol. The van der Waals surface area contributed by atoms with Crippen molar-refractivity contribution in [2.75, 3.05) is 14.2 Å².